The first-order chi connectivity index (χ1) is 13.8. The summed E-state index contributed by atoms with van der Waals surface area (Å²) < 4.78 is 5.39. The van der Waals surface area contributed by atoms with Crippen LogP contribution in [-0.2, 0) is 21.4 Å². The molecule has 0 radical (unpaired) electrons. The molecule has 1 amide bonds. The third kappa shape index (κ3) is 9.88. The molecule has 1 saturated heterocycles. The minimum Gasteiger partial charge on any atom is -0.379 e. The first-order valence-corrected chi connectivity index (χ1v) is 11.1. The topological polar surface area (TPSA) is 82.1 Å². The van der Waals surface area contributed by atoms with E-state index in [0.29, 0.717) is 12.5 Å². The van der Waals surface area contributed by atoms with Gasteiger partial charge >= 0.3 is 0 Å². The summed E-state index contributed by atoms with van der Waals surface area (Å²) in [7, 11) is 3.48. The van der Waals surface area contributed by atoms with Crippen LogP contribution in [0.1, 0.15) is 31.5 Å². The highest BCUT2D eigenvalue weighted by molar-refractivity contribution is 14.0. The van der Waals surface area contributed by atoms with E-state index in [1.54, 1.807) is 30.3 Å². The van der Waals surface area contributed by atoms with Gasteiger partial charge in [-0.25, -0.2) is 9.98 Å². The molecule has 0 saturated carbocycles. The van der Waals surface area contributed by atoms with E-state index in [4.69, 9.17) is 9.72 Å². The zero-order valence-electron chi connectivity index (χ0n) is 18.9. The first kappa shape index (κ1) is 27.1. The lowest BCUT2D eigenvalue weighted by atomic mass is 9.98. The van der Waals surface area contributed by atoms with E-state index in [2.05, 4.69) is 46.7 Å². The second kappa shape index (κ2) is 13.4. The Kier molecular flexibility index (Phi) is 12.1. The number of ether oxygens (including phenoxy) is 1. The summed E-state index contributed by atoms with van der Waals surface area (Å²) in [4.78, 5) is 25.0. The van der Waals surface area contributed by atoms with Crippen LogP contribution in [-0.4, -0.2) is 93.2 Å². The number of guanidine groups is 1. The maximum atomic E-state index is 11.9. The van der Waals surface area contributed by atoms with Gasteiger partial charge in [-0.05, 0) is 0 Å². The molecule has 0 aromatic carbocycles. The zero-order valence-corrected chi connectivity index (χ0v) is 22.0. The van der Waals surface area contributed by atoms with Crippen molar-refractivity contribution in [2.45, 2.75) is 32.6 Å². The molecule has 2 N–H and O–H groups in total. The molecule has 1 aromatic rings. The highest BCUT2D eigenvalue weighted by Gasteiger charge is 2.18. The molecule has 0 spiro atoms. The third-order valence-corrected chi connectivity index (χ3v) is 5.88. The molecular weight excluding hydrogens is 515 g/mol. The Balaban J connectivity index is 0.00000450. The van der Waals surface area contributed by atoms with Gasteiger partial charge in [-0.2, -0.15) is 0 Å². The van der Waals surface area contributed by atoms with Crippen molar-refractivity contribution >= 4 is 47.2 Å². The largest absolute Gasteiger partial charge is 0.379 e. The van der Waals surface area contributed by atoms with E-state index in [1.165, 1.54) is 0 Å². The number of morpholine rings is 1. The number of hydrogen-bond donors (Lipinski definition) is 2. The van der Waals surface area contributed by atoms with Crippen LogP contribution in [0.5, 0.6) is 0 Å². The average molecular weight is 553 g/mol. The minimum absolute atomic E-state index is 0. The Hall–Kier alpha value is -0.980. The van der Waals surface area contributed by atoms with E-state index in [0.717, 1.165) is 56.5 Å². The summed E-state index contributed by atoms with van der Waals surface area (Å²) in [5.74, 6) is 0.647. The molecule has 0 unspecified atom stereocenters. The molecule has 1 aliphatic rings. The molecule has 0 aliphatic carbocycles. The van der Waals surface area contributed by atoms with Crippen molar-refractivity contribution < 1.29 is 9.53 Å². The van der Waals surface area contributed by atoms with Gasteiger partial charge in [0.15, 0.2) is 5.96 Å². The average Bonchev–Trinajstić information content (AvgIpc) is 3.15. The lowest BCUT2D eigenvalue weighted by Crippen LogP contribution is -2.45. The molecule has 1 aromatic heterocycles. The number of amides is 1. The van der Waals surface area contributed by atoms with Gasteiger partial charge in [0.1, 0.15) is 6.54 Å². The number of aliphatic imine (C=N–C) groups is 1. The summed E-state index contributed by atoms with van der Waals surface area (Å²) >= 11 is 1.71. The van der Waals surface area contributed by atoms with E-state index in [-0.39, 0.29) is 41.8 Å². The fraction of sp³-hybridized carbons (Fsp3) is 0.750. The molecule has 8 nitrogen and oxygen atoms in total. The SMILES string of the molecule is CN(C)C(=O)CN=C(NCCc1csc(C(C)(C)C)n1)NCCN1CCOCC1.I. The monoisotopic (exact) mass is 552 g/mol. The van der Waals surface area contributed by atoms with Gasteiger partial charge in [-0.3, -0.25) is 9.69 Å². The number of carbonyl (C=O) groups excluding carboxylic acids is 1. The molecular formula is C20H37IN6O2S. The number of hydrogen-bond acceptors (Lipinski definition) is 6. The number of likely N-dealkylation sites (N-methyl/N-ethyl adjacent to an activating group) is 1. The van der Waals surface area contributed by atoms with Gasteiger partial charge < -0.3 is 20.3 Å². The summed E-state index contributed by atoms with van der Waals surface area (Å²) in [5.41, 5.74) is 1.17. The lowest BCUT2D eigenvalue weighted by molar-refractivity contribution is -0.127. The number of rotatable bonds is 8. The predicted molar refractivity (Wildman–Crippen MR) is 134 cm³/mol. The van der Waals surface area contributed by atoms with E-state index in [1.807, 2.05) is 0 Å². The smallest absolute Gasteiger partial charge is 0.243 e. The van der Waals surface area contributed by atoms with E-state index >= 15 is 0 Å². The minimum atomic E-state index is -0.0198. The predicted octanol–water partition coefficient (Wildman–Crippen LogP) is 1.56. The number of nitrogens with one attached hydrogen (secondary N) is 2. The van der Waals surface area contributed by atoms with Crippen molar-refractivity contribution in [1.29, 1.82) is 0 Å². The highest BCUT2D eigenvalue weighted by Crippen LogP contribution is 2.25. The van der Waals surface area contributed by atoms with Crippen LogP contribution >= 0.6 is 35.3 Å². The number of aromatic nitrogens is 1. The van der Waals surface area contributed by atoms with Gasteiger partial charge in [-0.1, -0.05) is 20.8 Å². The zero-order chi connectivity index (χ0) is 21.3. The first-order valence-electron chi connectivity index (χ1n) is 10.2. The van der Waals surface area contributed by atoms with Crippen LogP contribution in [0.4, 0.5) is 0 Å². The summed E-state index contributed by atoms with van der Waals surface area (Å²) in [6.07, 6.45) is 0.818. The number of halogens is 1. The summed E-state index contributed by atoms with van der Waals surface area (Å²) in [6.45, 7) is 12.6. The maximum absolute atomic E-state index is 11.9. The summed E-state index contributed by atoms with van der Waals surface area (Å²) in [6, 6.07) is 0. The van der Waals surface area contributed by atoms with Crippen LogP contribution in [0.3, 0.4) is 0 Å². The van der Waals surface area contributed by atoms with Crippen molar-refractivity contribution in [3.05, 3.63) is 16.1 Å². The Morgan fingerprint density at radius 1 is 1.27 bits per heavy atom. The quantitative estimate of drug-likeness (QED) is 0.290. The Bertz CT molecular complexity index is 668. The Morgan fingerprint density at radius 2 is 1.93 bits per heavy atom. The van der Waals surface area contributed by atoms with Crippen LogP contribution in [0.2, 0.25) is 0 Å². The Labute approximate surface area is 201 Å². The summed E-state index contributed by atoms with van der Waals surface area (Å²) in [5, 5.41) is 9.96. The molecule has 1 fully saturated rings. The van der Waals surface area contributed by atoms with Crippen LogP contribution < -0.4 is 10.6 Å². The second-order valence-electron chi connectivity index (χ2n) is 8.40. The maximum Gasteiger partial charge on any atom is 0.243 e. The molecule has 172 valence electrons. The highest BCUT2D eigenvalue weighted by atomic mass is 127. The normalized spacial score (nSPS) is 15.4. The fourth-order valence-corrected chi connectivity index (χ4v) is 3.64. The Morgan fingerprint density at radius 3 is 2.53 bits per heavy atom. The van der Waals surface area contributed by atoms with Gasteiger partial charge in [0.25, 0.3) is 0 Å². The standard InChI is InChI=1S/C20H36N6O2S.HI/c1-20(2,3)18-24-16(15-29-18)6-7-21-19(23-14-17(27)25(4)5)22-8-9-26-10-12-28-13-11-26;/h15H,6-14H2,1-5H3,(H2,21,22,23);1H. The number of thiazole rings is 1. The van der Waals surface area contributed by atoms with Gasteiger partial charge in [-0.15, -0.1) is 35.3 Å². The third-order valence-electron chi connectivity index (χ3n) is 4.56. The van der Waals surface area contributed by atoms with Gasteiger partial charge in [0, 0.05) is 64.0 Å². The molecule has 10 heteroatoms. The molecule has 30 heavy (non-hydrogen) atoms. The molecule has 0 atom stereocenters. The van der Waals surface area contributed by atoms with Crippen molar-refractivity contribution in [2.24, 2.45) is 4.99 Å². The number of nitrogens with zero attached hydrogens (tertiary/aromatic N) is 4. The van der Waals surface area contributed by atoms with E-state index in [9.17, 15) is 4.79 Å². The van der Waals surface area contributed by atoms with Crippen molar-refractivity contribution in [3.63, 3.8) is 0 Å². The van der Waals surface area contributed by atoms with Crippen LogP contribution in [0.25, 0.3) is 0 Å². The van der Waals surface area contributed by atoms with Gasteiger partial charge in [0.05, 0.1) is 23.9 Å². The van der Waals surface area contributed by atoms with Crippen LogP contribution in [0, 0.1) is 0 Å². The molecule has 2 rings (SSSR count). The second-order valence-corrected chi connectivity index (χ2v) is 9.26. The molecule has 2 heterocycles. The van der Waals surface area contributed by atoms with E-state index < -0.39 is 0 Å². The lowest BCUT2D eigenvalue weighted by Gasteiger charge is -2.26. The fourth-order valence-electron chi connectivity index (χ4n) is 2.69. The number of carbonyl (C=O) groups is 1. The molecule has 0 bridgehead atoms. The van der Waals surface area contributed by atoms with Gasteiger partial charge in [0.2, 0.25) is 5.91 Å². The van der Waals surface area contributed by atoms with Crippen molar-refractivity contribution in [3.8, 4) is 0 Å². The van der Waals surface area contributed by atoms with Crippen molar-refractivity contribution in [2.75, 3.05) is 66.6 Å². The van der Waals surface area contributed by atoms with Crippen LogP contribution in [0.15, 0.2) is 10.4 Å². The molecule has 1 aliphatic heterocycles. The van der Waals surface area contributed by atoms with Crippen molar-refractivity contribution in [1.82, 2.24) is 25.4 Å².